The second-order valence-corrected chi connectivity index (χ2v) is 10.3. The molecule has 37 heavy (non-hydrogen) atoms. The fraction of sp³-hybridized carbons (Fsp3) is 0.387. The van der Waals surface area contributed by atoms with Crippen LogP contribution in [0.3, 0.4) is 0 Å². The number of rotatable bonds is 10. The maximum Gasteiger partial charge on any atom is 0.410 e. The maximum absolute atomic E-state index is 13.3. The van der Waals surface area contributed by atoms with Crippen molar-refractivity contribution in [3.63, 3.8) is 0 Å². The molecule has 6 nitrogen and oxygen atoms in total. The van der Waals surface area contributed by atoms with Gasteiger partial charge in [0.25, 0.3) is 0 Å². The molecule has 0 spiro atoms. The zero-order valence-corrected chi connectivity index (χ0v) is 21.9. The van der Waals surface area contributed by atoms with E-state index < -0.39 is 5.60 Å². The molecule has 1 aliphatic heterocycles. The monoisotopic (exact) mass is 503 g/mol. The Kier molecular flexibility index (Phi) is 9.34. The highest BCUT2D eigenvalue weighted by atomic mass is 16.6. The molecule has 0 unspecified atom stereocenters. The number of nitrogens with zero attached hydrogens (tertiary/aromatic N) is 1. The number of ether oxygens (including phenoxy) is 4. The van der Waals surface area contributed by atoms with Crippen LogP contribution in [-0.2, 0) is 38.8 Å². The predicted molar refractivity (Wildman–Crippen MR) is 143 cm³/mol. The van der Waals surface area contributed by atoms with Gasteiger partial charge >= 0.3 is 6.09 Å². The minimum atomic E-state index is -0.615. The van der Waals surface area contributed by atoms with Gasteiger partial charge in [0, 0.05) is 0 Å². The van der Waals surface area contributed by atoms with E-state index in [2.05, 4.69) is 0 Å². The van der Waals surface area contributed by atoms with Crippen LogP contribution in [-0.4, -0.2) is 48.0 Å². The molecule has 1 fully saturated rings. The van der Waals surface area contributed by atoms with Crippen LogP contribution in [0.25, 0.3) is 0 Å². The second kappa shape index (κ2) is 12.9. The van der Waals surface area contributed by atoms with Gasteiger partial charge in [-0.1, -0.05) is 91.0 Å². The summed E-state index contributed by atoms with van der Waals surface area (Å²) in [5.74, 6) is 0. The average Bonchev–Trinajstić information content (AvgIpc) is 3.24. The smallest absolute Gasteiger partial charge is 0.410 e. The molecule has 0 aliphatic carbocycles. The Morgan fingerprint density at radius 2 is 1.24 bits per heavy atom. The van der Waals surface area contributed by atoms with Crippen LogP contribution in [0.5, 0.6) is 0 Å². The minimum absolute atomic E-state index is 0.304. The molecule has 3 atom stereocenters. The zero-order chi connectivity index (χ0) is 26.1. The summed E-state index contributed by atoms with van der Waals surface area (Å²) in [5.41, 5.74) is 2.58. The highest BCUT2D eigenvalue weighted by molar-refractivity contribution is 5.69. The van der Waals surface area contributed by atoms with Gasteiger partial charge in [-0.15, -0.1) is 0 Å². The number of hydrogen-bond acceptors (Lipinski definition) is 5. The van der Waals surface area contributed by atoms with Crippen LogP contribution in [0, 0.1) is 0 Å². The lowest BCUT2D eigenvalue weighted by Gasteiger charge is -2.30. The molecule has 0 saturated carbocycles. The molecular weight excluding hydrogens is 466 g/mol. The summed E-state index contributed by atoms with van der Waals surface area (Å²) in [6.07, 6.45) is -1.10. The van der Waals surface area contributed by atoms with E-state index in [1.54, 1.807) is 4.90 Å². The summed E-state index contributed by atoms with van der Waals surface area (Å²) in [7, 11) is 0. The number of benzene rings is 3. The van der Waals surface area contributed by atoms with Crippen molar-refractivity contribution in [1.29, 1.82) is 0 Å². The normalized spacial score (nSPS) is 19.6. The van der Waals surface area contributed by atoms with Crippen LogP contribution in [0.1, 0.15) is 37.5 Å². The number of likely N-dealkylation sites (tertiary alicyclic amines) is 1. The summed E-state index contributed by atoms with van der Waals surface area (Å²) in [6, 6.07) is 29.7. The molecule has 1 heterocycles. The molecule has 3 aromatic rings. The van der Waals surface area contributed by atoms with Crippen molar-refractivity contribution in [1.82, 2.24) is 4.90 Å². The van der Waals surface area contributed by atoms with E-state index in [-0.39, 0.29) is 24.3 Å². The van der Waals surface area contributed by atoms with Gasteiger partial charge in [0.05, 0.1) is 39.0 Å². The van der Waals surface area contributed by atoms with E-state index in [1.807, 2.05) is 112 Å². The van der Waals surface area contributed by atoms with Crippen LogP contribution in [0.2, 0.25) is 0 Å². The molecular formula is C31H37NO5. The van der Waals surface area contributed by atoms with E-state index in [9.17, 15) is 4.79 Å². The van der Waals surface area contributed by atoms with Crippen LogP contribution >= 0.6 is 0 Å². The summed E-state index contributed by atoms with van der Waals surface area (Å²) >= 11 is 0. The number of amides is 1. The van der Waals surface area contributed by atoms with Crippen molar-refractivity contribution in [2.45, 2.75) is 64.4 Å². The average molecular weight is 504 g/mol. The van der Waals surface area contributed by atoms with Crippen molar-refractivity contribution < 1.29 is 23.7 Å². The molecule has 0 radical (unpaired) electrons. The van der Waals surface area contributed by atoms with E-state index in [0.717, 1.165) is 16.7 Å². The first-order chi connectivity index (χ1) is 17.9. The van der Waals surface area contributed by atoms with Gasteiger partial charge in [0.1, 0.15) is 17.8 Å². The summed E-state index contributed by atoms with van der Waals surface area (Å²) in [4.78, 5) is 15.0. The fourth-order valence-electron chi connectivity index (χ4n) is 4.36. The minimum Gasteiger partial charge on any atom is -0.444 e. The topological polar surface area (TPSA) is 57.2 Å². The van der Waals surface area contributed by atoms with Crippen molar-refractivity contribution in [3.8, 4) is 0 Å². The number of carbonyl (C=O) groups excluding carboxylic acids is 1. The van der Waals surface area contributed by atoms with Crippen molar-refractivity contribution in [2.24, 2.45) is 0 Å². The van der Waals surface area contributed by atoms with Crippen molar-refractivity contribution in [2.75, 3.05) is 13.2 Å². The van der Waals surface area contributed by atoms with Gasteiger partial charge in [-0.2, -0.15) is 0 Å². The lowest BCUT2D eigenvalue weighted by molar-refractivity contribution is -0.0819. The Hall–Kier alpha value is -3.19. The summed E-state index contributed by atoms with van der Waals surface area (Å²) < 4.78 is 24.7. The first-order valence-corrected chi connectivity index (χ1v) is 12.8. The molecule has 1 saturated heterocycles. The Bertz CT molecular complexity index is 1080. The maximum atomic E-state index is 13.3. The Balaban J connectivity index is 1.53. The van der Waals surface area contributed by atoms with Crippen LogP contribution < -0.4 is 0 Å². The Morgan fingerprint density at radius 3 is 1.76 bits per heavy atom. The van der Waals surface area contributed by atoms with E-state index in [4.69, 9.17) is 18.9 Å². The third-order valence-corrected chi connectivity index (χ3v) is 6.14. The first-order valence-electron chi connectivity index (χ1n) is 12.8. The third-order valence-electron chi connectivity index (χ3n) is 6.14. The lowest BCUT2D eigenvalue weighted by Crippen LogP contribution is -2.46. The van der Waals surface area contributed by atoms with Gasteiger partial charge in [0.15, 0.2) is 0 Å². The van der Waals surface area contributed by atoms with Crippen LogP contribution in [0.4, 0.5) is 4.79 Å². The molecule has 6 heteroatoms. The van der Waals surface area contributed by atoms with E-state index in [0.29, 0.717) is 33.0 Å². The lowest BCUT2D eigenvalue weighted by atomic mass is 10.1. The van der Waals surface area contributed by atoms with Gasteiger partial charge in [0.2, 0.25) is 0 Å². The summed E-state index contributed by atoms with van der Waals surface area (Å²) in [5, 5.41) is 0. The third kappa shape index (κ3) is 8.15. The van der Waals surface area contributed by atoms with E-state index in [1.165, 1.54) is 0 Å². The van der Waals surface area contributed by atoms with E-state index >= 15 is 0 Å². The Labute approximate surface area is 220 Å². The van der Waals surface area contributed by atoms with Crippen LogP contribution in [0.15, 0.2) is 91.0 Å². The molecule has 0 N–H and O–H groups in total. The van der Waals surface area contributed by atoms with Gasteiger partial charge in [-0.05, 0) is 37.5 Å². The summed E-state index contributed by atoms with van der Waals surface area (Å²) in [6.45, 7) is 7.56. The zero-order valence-electron chi connectivity index (χ0n) is 21.9. The Morgan fingerprint density at radius 1 is 0.757 bits per heavy atom. The molecule has 0 aromatic heterocycles. The molecule has 196 valence electrons. The number of carbonyl (C=O) groups is 1. The van der Waals surface area contributed by atoms with Crippen molar-refractivity contribution in [3.05, 3.63) is 108 Å². The molecule has 3 aromatic carbocycles. The van der Waals surface area contributed by atoms with Crippen molar-refractivity contribution >= 4 is 6.09 Å². The molecule has 0 bridgehead atoms. The van der Waals surface area contributed by atoms with Gasteiger partial charge in [-0.3, -0.25) is 4.90 Å². The fourth-order valence-corrected chi connectivity index (χ4v) is 4.36. The molecule has 4 rings (SSSR count). The SMILES string of the molecule is CC(C)(C)OC(=O)N1C[C@H](OCc2ccccc2)[C@H](OCc2ccccc2)[C@H]1COCc1ccccc1. The number of hydrogen-bond donors (Lipinski definition) is 0. The standard InChI is InChI=1S/C31H37NO5/c1-31(2,3)37-30(33)32-19-28(35-21-25-15-9-5-10-16-25)29(36-22-26-17-11-6-12-18-26)27(32)23-34-20-24-13-7-4-8-14-24/h4-18,27-29H,19-23H2,1-3H3/t27-,28+,29-/m1/s1. The molecule has 1 aliphatic rings. The highest BCUT2D eigenvalue weighted by Crippen LogP contribution is 2.28. The van der Waals surface area contributed by atoms with Gasteiger partial charge < -0.3 is 18.9 Å². The highest BCUT2D eigenvalue weighted by Gasteiger charge is 2.47. The second-order valence-electron chi connectivity index (χ2n) is 10.3. The first kappa shape index (κ1) is 26.9. The quantitative estimate of drug-likeness (QED) is 0.340. The largest absolute Gasteiger partial charge is 0.444 e. The molecule has 1 amide bonds. The van der Waals surface area contributed by atoms with Gasteiger partial charge in [-0.25, -0.2) is 4.79 Å². The predicted octanol–water partition coefficient (Wildman–Crippen LogP) is 5.99.